The number of carbonyl (C=O) groups is 2. The number of nitrogens with zero attached hydrogens (tertiary/aromatic N) is 2. The summed E-state index contributed by atoms with van der Waals surface area (Å²) in [5.74, 6) is -0.239. The van der Waals surface area contributed by atoms with Gasteiger partial charge < -0.3 is 19.9 Å². The largest absolute Gasteiger partial charge is 0.444 e. The number of rotatable bonds is 3. The molecule has 31 heavy (non-hydrogen) atoms. The fraction of sp³-hybridized carbons (Fsp3) is 0.636. The zero-order valence-electron chi connectivity index (χ0n) is 18.2. The number of likely N-dealkylation sites (tertiary alicyclic amines) is 1. The van der Waals surface area contributed by atoms with E-state index in [2.05, 4.69) is 5.32 Å². The molecule has 9 heteroatoms. The minimum atomic E-state index is -4.37. The van der Waals surface area contributed by atoms with Gasteiger partial charge in [0.15, 0.2) is 0 Å². The van der Waals surface area contributed by atoms with E-state index in [0.717, 1.165) is 12.1 Å². The number of ether oxygens (including phenoxy) is 1. The maximum atomic E-state index is 13.0. The standard InChI is InChI=1S/C22H30F3N3O3/c1-21(2,3)31-20(30)28-12-9-17(14-28)26-19(29)15-7-10-27(11-8-15)18-6-4-5-16(13-18)22(23,24)25/h4-6,13,15,17H,7-12,14H2,1-3H3,(H,26,29). The van der Waals surface area contributed by atoms with Crippen LogP contribution < -0.4 is 10.2 Å². The second-order valence-electron chi connectivity index (χ2n) is 9.23. The molecule has 1 aromatic rings. The average molecular weight is 441 g/mol. The zero-order chi connectivity index (χ0) is 22.8. The molecule has 6 nitrogen and oxygen atoms in total. The van der Waals surface area contributed by atoms with E-state index < -0.39 is 17.3 Å². The summed E-state index contributed by atoms with van der Waals surface area (Å²) in [7, 11) is 0. The molecule has 0 saturated carbocycles. The van der Waals surface area contributed by atoms with E-state index in [-0.39, 0.29) is 24.0 Å². The van der Waals surface area contributed by atoms with Gasteiger partial charge in [-0.25, -0.2) is 4.79 Å². The van der Waals surface area contributed by atoms with Crippen LogP contribution in [0.5, 0.6) is 0 Å². The van der Waals surface area contributed by atoms with E-state index in [1.54, 1.807) is 11.0 Å². The molecular formula is C22H30F3N3O3. The third kappa shape index (κ3) is 6.27. The number of hydrogen-bond acceptors (Lipinski definition) is 4. The van der Waals surface area contributed by atoms with Gasteiger partial charge in [0.1, 0.15) is 5.60 Å². The zero-order valence-corrected chi connectivity index (χ0v) is 18.2. The molecule has 2 fully saturated rings. The first kappa shape index (κ1) is 23.2. The number of anilines is 1. The Balaban J connectivity index is 1.47. The number of amides is 2. The van der Waals surface area contributed by atoms with Gasteiger partial charge in [0.05, 0.1) is 5.56 Å². The van der Waals surface area contributed by atoms with Crippen LogP contribution in [0.25, 0.3) is 0 Å². The molecule has 2 heterocycles. The number of benzene rings is 1. The molecule has 2 saturated heterocycles. The van der Waals surface area contributed by atoms with Crippen molar-refractivity contribution in [2.24, 2.45) is 5.92 Å². The highest BCUT2D eigenvalue weighted by molar-refractivity contribution is 5.79. The monoisotopic (exact) mass is 441 g/mol. The molecule has 0 radical (unpaired) electrons. The Morgan fingerprint density at radius 3 is 2.35 bits per heavy atom. The van der Waals surface area contributed by atoms with Gasteiger partial charge in [-0.3, -0.25) is 4.79 Å². The van der Waals surface area contributed by atoms with E-state index in [1.165, 1.54) is 6.07 Å². The summed E-state index contributed by atoms with van der Waals surface area (Å²) in [4.78, 5) is 28.3. The topological polar surface area (TPSA) is 61.9 Å². The average Bonchev–Trinajstić information content (AvgIpc) is 3.15. The number of hydrogen-bond donors (Lipinski definition) is 1. The summed E-state index contributed by atoms with van der Waals surface area (Å²) in [6.45, 7) is 7.43. The molecule has 2 aliphatic rings. The molecule has 1 unspecified atom stereocenters. The van der Waals surface area contributed by atoms with E-state index in [9.17, 15) is 22.8 Å². The maximum Gasteiger partial charge on any atom is 0.416 e. The van der Waals surface area contributed by atoms with Gasteiger partial charge in [-0.1, -0.05) is 6.07 Å². The molecule has 0 bridgehead atoms. The van der Waals surface area contributed by atoms with Gasteiger partial charge in [0.25, 0.3) is 0 Å². The van der Waals surface area contributed by atoms with Crippen LogP contribution >= 0.6 is 0 Å². The third-order valence-corrected chi connectivity index (χ3v) is 5.59. The lowest BCUT2D eigenvalue weighted by atomic mass is 9.95. The van der Waals surface area contributed by atoms with Crippen molar-refractivity contribution in [3.8, 4) is 0 Å². The summed E-state index contributed by atoms with van der Waals surface area (Å²) in [5, 5.41) is 3.02. The fourth-order valence-electron chi connectivity index (χ4n) is 3.97. The minimum Gasteiger partial charge on any atom is -0.444 e. The Kier molecular flexibility index (Phi) is 6.71. The van der Waals surface area contributed by atoms with Gasteiger partial charge in [0.2, 0.25) is 5.91 Å². The summed E-state index contributed by atoms with van der Waals surface area (Å²) in [5.41, 5.74) is -0.704. The van der Waals surface area contributed by atoms with E-state index in [4.69, 9.17) is 4.74 Å². The van der Waals surface area contributed by atoms with Gasteiger partial charge in [-0.2, -0.15) is 13.2 Å². The van der Waals surface area contributed by atoms with Crippen LogP contribution in [0, 0.1) is 5.92 Å². The third-order valence-electron chi connectivity index (χ3n) is 5.59. The molecule has 1 atom stereocenters. The highest BCUT2D eigenvalue weighted by Crippen LogP contribution is 2.33. The van der Waals surface area contributed by atoms with Crippen LogP contribution in [0.2, 0.25) is 0 Å². The number of nitrogens with one attached hydrogen (secondary N) is 1. The molecule has 1 aromatic carbocycles. The second-order valence-corrected chi connectivity index (χ2v) is 9.23. The second kappa shape index (κ2) is 8.96. The first-order valence-electron chi connectivity index (χ1n) is 10.6. The molecule has 0 aliphatic carbocycles. The first-order chi connectivity index (χ1) is 14.4. The van der Waals surface area contributed by atoms with Crippen LogP contribution in [0.1, 0.15) is 45.6 Å². The van der Waals surface area contributed by atoms with Gasteiger partial charge in [-0.05, 0) is 58.2 Å². The fourth-order valence-corrected chi connectivity index (χ4v) is 3.97. The molecule has 1 N–H and O–H groups in total. The smallest absolute Gasteiger partial charge is 0.416 e. The predicted octanol–water partition coefficient (Wildman–Crippen LogP) is 4.05. The van der Waals surface area contributed by atoms with Crippen LogP contribution in [0.15, 0.2) is 24.3 Å². The van der Waals surface area contributed by atoms with E-state index in [0.29, 0.717) is 51.1 Å². The number of alkyl halides is 3. The Morgan fingerprint density at radius 2 is 1.74 bits per heavy atom. The number of carbonyl (C=O) groups excluding carboxylic acids is 2. The van der Waals surface area contributed by atoms with Crippen LogP contribution in [-0.2, 0) is 15.7 Å². The van der Waals surface area contributed by atoms with Gasteiger partial charge in [0, 0.05) is 43.8 Å². The Labute approximate surface area is 180 Å². The van der Waals surface area contributed by atoms with Gasteiger partial charge in [-0.15, -0.1) is 0 Å². The molecule has 0 aromatic heterocycles. The quantitative estimate of drug-likeness (QED) is 0.769. The SMILES string of the molecule is CC(C)(C)OC(=O)N1CCC(NC(=O)C2CCN(c3cccc(C(F)(F)F)c3)CC2)C1. The summed E-state index contributed by atoms with van der Waals surface area (Å²) in [6, 6.07) is 5.18. The summed E-state index contributed by atoms with van der Waals surface area (Å²) >= 11 is 0. The van der Waals surface area contributed by atoms with E-state index >= 15 is 0 Å². The Hall–Kier alpha value is -2.45. The highest BCUT2D eigenvalue weighted by Gasteiger charge is 2.34. The first-order valence-corrected chi connectivity index (χ1v) is 10.6. The Morgan fingerprint density at radius 1 is 1.06 bits per heavy atom. The Bertz CT molecular complexity index is 799. The molecule has 2 aliphatic heterocycles. The van der Waals surface area contributed by atoms with Crippen molar-refractivity contribution in [3.05, 3.63) is 29.8 Å². The van der Waals surface area contributed by atoms with Crippen molar-refractivity contribution >= 4 is 17.7 Å². The van der Waals surface area contributed by atoms with Crippen LogP contribution in [0.4, 0.5) is 23.7 Å². The highest BCUT2D eigenvalue weighted by atomic mass is 19.4. The van der Waals surface area contributed by atoms with Crippen molar-refractivity contribution in [3.63, 3.8) is 0 Å². The van der Waals surface area contributed by atoms with Crippen molar-refractivity contribution in [2.75, 3.05) is 31.1 Å². The normalized spacial score (nSPS) is 20.6. The van der Waals surface area contributed by atoms with Crippen molar-refractivity contribution < 1.29 is 27.5 Å². The van der Waals surface area contributed by atoms with E-state index in [1.807, 2.05) is 25.7 Å². The molecular weight excluding hydrogens is 411 g/mol. The minimum absolute atomic E-state index is 0.0558. The molecule has 172 valence electrons. The van der Waals surface area contributed by atoms with Crippen molar-refractivity contribution in [1.82, 2.24) is 10.2 Å². The lowest BCUT2D eigenvalue weighted by Crippen LogP contribution is -2.45. The lowest BCUT2D eigenvalue weighted by Gasteiger charge is -2.33. The van der Waals surface area contributed by atoms with Crippen LogP contribution in [-0.4, -0.2) is 54.7 Å². The molecule has 2 amide bonds. The number of halogens is 3. The predicted molar refractivity (Wildman–Crippen MR) is 111 cm³/mol. The van der Waals surface area contributed by atoms with Gasteiger partial charge >= 0.3 is 12.3 Å². The summed E-state index contributed by atoms with van der Waals surface area (Å²) < 4.78 is 44.2. The van der Waals surface area contributed by atoms with Crippen molar-refractivity contribution in [1.29, 1.82) is 0 Å². The lowest BCUT2D eigenvalue weighted by molar-refractivity contribution is -0.137. The maximum absolute atomic E-state index is 13.0. The van der Waals surface area contributed by atoms with Crippen molar-refractivity contribution in [2.45, 2.75) is 57.9 Å². The van der Waals surface area contributed by atoms with Crippen LogP contribution in [0.3, 0.4) is 0 Å². The molecule has 0 spiro atoms. The number of piperidine rings is 1. The molecule has 3 rings (SSSR count). The summed E-state index contributed by atoms with van der Waals surface area (Å²) in [6.07, 6.45) is -2.93.